The third-order valence-corrected chi connectivity index (χ3v) is 2.40. The summed E-state index contributed by atoms with van der Waals surface area (Å²) in [5.74, 6) is 0.322. The number of aryl methyl sites for hydroxylation is 2. The normalized spacial score (nSPS) is 11.9. The maximum Gasteiger partial charge on any atom is 0.124 e. The van der Waals surface area contributed by atoms with Gasteiger partial charge in [0.05, 0.1) is 0 Å². The van der Waals surface area contributed by atoms with E-state index in [1.165, 1.54) is 5.56 Å². The van der Waals surface area contributed by atoms with Crippen molar-refractivity contribution in [1.82, 2.24) is 0 Å². The maximum absolute atomic E-state index is 9.73. The van der Waals surface area contributed by atoms with Gasteiger partial charge in [0.25, 0.3) is 0 Å². The van der Waals surface area contributed by atoms with E-state index in [0.717, 1.165) is 23.4 Å². The Kier molecular flexibility index (Phi) is 3.28. The van der Waals surface area contributed by atoms with Crippen molar-refractivity contribution < 1.29 is 5.11 Å². The van der Waals surface area contributed by atoms with Crippen LogP contribution < -0.4 is 0 Å². The van der Waals surface area contributed by atoms with Crippen LogP contribution in [0, 0.1) is 13.8 Å². The molecule has 76 valence electrons. The molecule has 0 unspecified atom stereocenters. The number of aromatic hydroxyl groups is 1. The second-order valence-corrected chi connectivity index (χ2v) is 3.51. The van der Waals surface area contributed by atoms with Gasteiger partial charge in [-0.3, -0.25) is 4.99 Å². The summed E-state index contributed by atoms with van der Waals surface area (Å²) >= 11 is 0. The van der Waals surface area contributed by atoms with Crippen molar-refractivity contribution in [3.8, 4) is 5.75 Å². The SMILES string of the molecule is CCN=C(C)c1cc(C)c(C)cc1O. The first-order valence-electron chi connectivity index (χ1n) is 4.88. The number of hydrogen-bond acceptors (Lipinski definition) is 2. The molecule has 0 saturated heterocycles. The van der Waals surface area contributed by atoms with E-state index in [2.05, 4.69) is 4.99 Å². The summed E-state index contributed by atoms with van der Waals surface area (Å²) in [5.41, 5.74) is 4.03. The minimum atomic E-state index is 0.322. The van der Waals surface area contributed by atoms with E-state index in [9.17, 15) is 5.11 Å². The number of rotatable bonds is 2. The summed E-state index contributed by atoms with van der Waals surface area (Å²) in [7, 11) is 0. The second-order valence-electron chi connectivity index (χ2n) is 3.51. The average Bonchev–Trinajstić information content (AvgIpc) is 2.11. The van der Waals surface area contributed by atoms with E-state index in [1.807, 2.05) is 33.8 Å². The molecule has 1 N–H and O–H groups in total. The lowest BCUT2D eigenvalue weighted by atomic mass is 10.0. The molecular weight excluding hydrogens is 174 g/mol. The van der Waals surface area contributed by atoms with Crippen molar-refractivity contribution in [3.63, 3.8) is 0 Å². The highest BCUT2D eigenvalue weighted by Crippen LogP contribution is 2.22. The van der Waals surface area contributed by atoms with Crippen molar-refractivity contribution in [2.45, 2.75) is 27.7 Å². The summed E-state index contributed by atoms with van der Waals surface area (Å²) in [6.45, 7) is 8.69. The van der Waals surface area contributed by atoms with Crippen LogP contribution >= 0.6 is 0 Å². The Morgan fingerprint density at radius 3 is 2.43 bits per heavy atom. The molecule has 0 atom stereocenters. The maximum atomic E-state index is 9.73. The Labute approximate surface area is 85.3 Å². The molecule has 0 amide bonds. The summed E-state index contributed by atoms with van der Waals surface area (Å²) in [6, 6.07) is 3.78. The molecule has 14 heavy (non-hydrogen) atoms. The van der Waals surface area contributed by atoms with Crippen LogP contribution in [-0.2, 0) is 0 Å². The van der Waals surface area contributed by atoms with Gasteiger partial charge in [-0.25, -0.2) is 0 Å². The highest BCUT2D eigenvalue weighted by Gasteiger charge is 2.06. The zero-order valence-corrected chi connectivity index (χ0v) is 9.26. The third-order valence-electron chi connectivity index (χ3n) is 2.40. The molecular formula is C12H17NO. The zero-order valence-electron chi connectivity index (χ0n) is 9.26. The van der Waals surface area contributed by atoms with Crippen LogP contribution in [0.1, 0.15) is 30.5 Å². The van der Waals surface area contributed by atoms with Crippen LogP contribution in [0.3, 0.4) is 0 Å². The molecule has 0 aliphatic carbocycles. The highest BCUT2D eigenvalue weighted by atomic mass is 16.3. The Morgan fingerprint density at radius 2 is 1.86 bits per heavy atom. The quantitative estimate of drug-likeness (QED) is 0.716. The fourth-order valence-corrected chi connectivity index (χ4v) is 1.41. The van der Waals surface area contributed by atoms with Crippen LogP contribution in [0.25, 0.3) is 0 Å². The number of aliphatic imine (C=N–C) groups is 1. The van der Waals surface area contributed by atoms with E-state index < -0.39 is 0 Å². The van der Waals surface area contributed by atoms with E-state index >= 15 is 0 Å². The van der Waals surface area contributed by atoms with Gasteiger partial charge in [0, 0.05) is 17.8 Å². The molecule has 1 rings (SSSR count). The summed E-state index contributed by atoms with van der Waals surface area (Å²) < 4.78 is 0. The molecule has 1 aromatic carbocycles. The highest BCUT2D eigenvalue weighted by molar-refractivity contribution is 6.01. The first kappa shape index (κ1) is 10.8. The van der Waals surface area contributed by atoms with Crippen molar-refractivity contribution in [3.05, 3.63) is 28.8 Å². The molecule has 0 aromatic heterocycles. The van der Waals surface area contributed by atoms with Crippen molar-refractivity contribution >= 4 is 5.71 Å². The lowest BCUT2D eigenvalue weighted by molar-refractivity contribution is 0.473. The van der Waals surface area contributed by atoms with E-state index in [-0.39, 0.29) is 0 Å². The van der Waals surface area contributed by atoms with Crippen LogP contribution in [0.2, 0.25) is 0 Å². The lowest BCUT2D eigenvalue weighted by Crippen LogP contribution is -1.98. The fraction of sp³-hybridized carbons (Fsp3) is 0.417. The predicted molar refractivity (Wildman–Crippen MR) is 60.3 cm³/mol. The molecule has 0 radical (unpaired) electrons. The smallest absolute Gasteiger partial charge is 0.124 e. The van der Waals surface area contributed by atoms with Crippen molar-refractivity contribution in [2.24, 2.45) is 4.99 Å². The molecule has 0 fully saturated rings. The van der Waals surface area contributed by atoms with Gasteiger partial charge in [0.15, 0.2) is 0 Å². The van der Waals surface area contributed by atoms with Gasteiger partial charge < -0.3 is 5.11 Å². The monoisotopic (exact) mass is 191 g/mol. The molecule has 0 heterocycles. The largest absolute Gasteiger partial charge is 0.507 e. The van der Waals surface area contributed by atoms with E-state index in [1.54, 1.807) is 6.07 Å². The number of hydrogen-bond donors (Lipinski definition) is 1. The van der Waals surface area contributed by atoms with Gasteiger partial charge >= 0.3 is 0 Å². The molecule has 0 saturated carbocycles. The summed E-state index contributed by atoms with van der Waals surface area (Å²) in [6.07, 6.45) is 0. The van der Waals surface area contributed by atoms with Gasteiger partial charge in [-0.1, -0.05) is 0 Å². The predicted octanol–water partition coefficient (Wildman–Crippen LogP) is 2.84. The van der Waals surface area contributed by atoms with E-state index in [0.29, 0.717) is 5.75 Å². The number of nitrogens with zero attached hydrogens (tertiary/aromatic N) is 1. The fourth-order valence-electron chi connectivity index (χ4n) is 1.41. The van der Waals surface area contributed by atoms with Gasteiger partial charge in [-0.15, -0.1) is 0 Å². The van der Waals surface area contributed by atoms with Gasteiger partial charge in [-0.2, -0.15) is 0 Å². The standard InChI is InChI=1S/C12H17NO/c1-5-13-10(4)11-6-8(2)9(3)7-12(11)14/h6-7,14H,5H2,1-4H3. The first-order valence-corrected chi connectivity index (χ1v) is 4.88. The molecule has 2 heteroatoms. The molecule has 0 aliphatic heterocycles. The Balaban J connectivity index is 3.22. The second kappa shape index (κ2) is 4.27. The third kappa shape index (κ3) is 2.13. The van der Waals surface area contributed by atoms with Crippen LogP contribution in [-0.4, -0.2) is 17.4 Å². The minimum absolute atomic E-state index is 0.322. The van der Waals surface area contributed by atoms with Gasteiger partial charge in [0.1, 0.15) is 5.75 Å². The van der Waals surface area contributed by atoms with Gasteiger partial charge in [0.2, 0.25) is 0 Å². The summed E-state index contributed by atoms with van der Waals surface area (Å²) in [4.78, 5) is 4.28. The molecule has 2 nitrogen and oxygen atoms in total. The molecule has 0 bridgehead atoms. The summed E-state index contributed by atoms with van der Waals surface area (Å²) in [5, 5.41) is 9.73. The number of phenolic OH excluding ortho intramolecular Hbond substituents is 1. The van der Waals surface area contributed by atoms with E-state index in [4.69, 9.17) is 0 Å². The number of phenols is 1. The molecule has 1 aromatic rings. The molecule has 0 aliphatic rings. The Bertz CT molecular complexity index is 367. The minimum Gasteiger partial charge on any atom is -0.507 e. The topological polar surface area (TPSA) is 32.6 Å². The van der Waals surface area contributed by atoms with Crippen LogP contribution in [0.4, 0.5) is 0 Å². The van der Waals surface area contributed by atoms with Crippen molar-refractivity contribution in [1.29, 1.82) is 0 Å². The first-order chi connectivity index (χ1) is 6.56. The van der Waals surface area contributed by atoms with Crippen LogP contribution in [0.5, 0.6) is 5.75 Å². The number of benzene rings is 1. The average molecular weight is 191 g/mol. The lowest BCUT2D eigenvalue weighted by Gasteiger charge is -2.07. The zero-order chi connectivity index (χ0) is 10.7. The van der Waals surface area contributed by atoms with Crippen LogP contribution in [0.15, 0.2) is 17.1 Å². The van der Waals surface area contributed by atoms with Crippen molar-refractivity contribution in [2.75, 3.05) is 6.54 Å². The van der Waals surface area contributed by atoms with Gasteiger partial charge in [-0.05, 0) is 51.0 Å². The molecule has 0 spiro atoms. The Morgan fingerprint density at radius 1 is 1.29 bits per heavy atom. The Hall–Kier alpha value is -1.31.